The standard InChI is InChI=1S/C11H19NO4.C10H17NO4.2C9H15NO5.C9H17NO4.2C8H13NO5/c1-2-16-8-10(14)7-11(15)12-5-3-9(13)4-6-12;1-15-7-9(13)6-10(14)11-4-2-8(12)3-5-11;1-3-15-9(13)7(11)6-8(12)10-4-5-14-2;1-2-15-9(14)7(12)6-8(13)10-4-3-5-11;1-2-14-7-8(12)6-9(13)10-4-3-5-11;1-13-4-3-9-7(11)5-6(10)8(12)14-2;1-14-8(13)6(11)5-7(12)9-3-2-4-10/h9,13H,2-8H2,1H3;8,12H,2-7H2,1H3;3-6H2,1-2H3,(H,10,12);11H,2-6H2,1H3,(H,10,13);11H,2-7H2,1H3,(H,10,13);3-5H2,1-2H3,(H,9,11);10H,2-5H2,1H3,(H,9,12). The first-order valence-electron chi connectivity index (χ1n) is 32.8. The van der Waals surface area contributed by atoms with Crippen LogP contribution in [0.15, 0.2) is 0 Å². The quantitative estimate of drug-likeness (QED) is 0.00897. The molecule has 0 aromatic heterocycles. The van der Waals surface area contributed by atoms with Gasteiger partial charge in [-0.15, -0.1) is 0 Å². The van der Waals surface area contributed by atoms with Crippen LogP contribution < -0.4 is 26.6 Å². The number of ketones is 7. The Morgan fingerprint density at radius 3 is 0.883 bits per heavy atom. The Morgan fingerprint density at radius 1 is 0.350 bits per heavy atom. The number of methoxy groups -OCH3 is 5. The maximum atomic E-state index is 11.6. The highest BCUT2D eigenvalue weighted by molar-refractivity contribution is 6.38. The molecule has 0 spiro atoms. The van der Waals surface area contributed by atoms with Crippen LogP contribution in [0, 0.1) is 0 Å². The van der Waals surface area contributed by atoms with Crippen LogP contribution in [0.25, 0.3) is 0 Å². The van der Waals surface area contributed by atoms with Crippen LogP contribution in [-0.2, 0) is 129 Å². The van der Waals surface area contributed by atoms with E-state index < -0.39 is 96.3 Å². The number of nitrogens with one attached hydrogen (secondary N) is 5. The zero-order chi connectivity index (χ0) is 79.3. The van der Waals surface area contributed by atoms with E-state index in [1.807, 2.05) is 0 Å². The zero-order valence-electron chi connectivity index (χ0n) is 60.6. The zero-order valence-corrected chi connectivity index (χ0v) is 60.6. The molecule has 2 aliphatic rings. The second kappa shape index (κ2) is 70.5. The number of esters is 4. The number of aliphatic hydroxyl groups is 5. The van der Waals surface area contributed by atoms with E-state index in [9.17, 15) is 96.5 Å². The number of amides is 7. The lowest BCUT2D eigenvalue weighted by Gasteiger charge is -2.29. The van der Waals surface area contributed by atoms with E-state index >= 15 is 0 Å². The van der Waals surface area contributed by atoms with Gasteiger partial charge in [-0.25, -0.2) is 19.2 Å². The summed E-state index contributed by atoms with van der Waals surface area (Å²) in [4.78, 5) is 201. The molecule has 592 valence electrons. The second-order valence-electron chi connectivity index (χ2n) is 20.9. The molecule has 0 radical (unpaired) electrons. The van der Waals surface area contributed by atoms with Crippen molar-refractivity contribution in [3.8, 4) is 0 Å². The number of rotatable bonds is 43. The largest absolute Gasteiger partial charge is 0.463 e. The number of hydrogen-bond acceptors (Lipinski definition) is 32. The van der Waals surface area contributed by atoms with Gasteiger partial charge >= 0.3 is 23.9 Å². The molecule has 2 rings (SSSR count). The van der Waals surface area contributed by atoms with Crippen LogP contribution in [0.5, 0.6) is 0 Å². The Morgan fingerprint density at radius 2 is 0.621 bits per heavy atom. The lowest BCUT2D eigenvalue weighted by molar-refractivity contribution is -0.154. The Bertz CT molecular complexity index is 2440. The molecule has 0 aromatic rings. The monoisotopic (exact) mass is 1490 g/mol. The summed E-state index contributed by atoms with van der Waals surface area (Å²) in [6.45, 7) is 12.4. The lowest BCUT2D eigenvalue weighted by atomic mass is 10.1. The third-order valence-corrected chi connectivity index (χ3v) is 12.3. The minimum atomic E-state index is -1.03. The highest BCUT2D eigenvalue weighted by Gasteiger charge is 2.26. The molecule has 0 aliphatic carbocycles. The van der Waals surface area contributed by atoms with E-state index in [2.05, 4.69) is 55.0 Å². The van der Waals surface area contributed by atoms with Gasteiger partial charge in [-0.3, -0.25) is 67.1 Å². The van der Waals surface area contributed by atoms with Crippen molar-refractivity contribution in [3.05, 3.63) is 0 Å². The van der Waals surface area contributed by atoms with Crippen LogP contribution >= 0.6 is 0 Å². The highest BCUT2D eigenvalue weighted by Crippen LogP contribution is 2.12. The topological polar surface area (TPSA) is 558 Å². The molecule has 0 bridgehead atoms. The molecular formula is C64H109N7O32. The minimum Gasteiger partial charge on any atom is -0.463 e. The van der Waals surface area contributed by atoms with E-state index in [-0.39, 0.29) is 132 Å². The number of likely N-dealkylation sites (tertiary alicyclic amines) is 2. The van der Waals surface area contributed by atoms with Crippen molar-refractivity contribution in [2.75, 3.05) is 174 Å². The summed E-state index contributed by atoms with van der Waals surface area (Å²) in [6.07, 6.45) is 0.813. The van der Waals surface area contributed by atoms with E-state index in [0.717, 1.165) is 14.2 Å². The van der Waals surface area contributed by atoms with Gasteiger partial charge < -0.3 is 105 Å². The van der Waals surface area contributed by atoms with Gasteiger partial charge in [-0.05, 0) is 72.6 Å². The van der Waals surface area contributed by atoms with Gasteiger partial charge in [0, 0.05) is 113 Å². The normalized spacial score (nSPS) is 11.9. The molecule has 2 heterocycles. The molecule has 0 unspecified atom stereocenters. The van der Waals surface area contributed by atoms with E-state index in [1.165, 1.54) is 21.3 Å². The van der Waals surface area contributed by atoms with E-state index in [4.69, 9.17) is 29.5 Å². The molecule has 39 heteroatoms. The van der Waals surface area contributed by atoms with Gasteiger partial charge in [0.2, 0.25) is 64.5 Å². The fourth-order valence-corrected chi connectivity index (χ4v) is 7.06. The maximum Gasteiger partial charge on any atom is 0.375 e. The van der Waals surface area contributed by atoms with E-state index in [0.29, 0.717) is 117 Å². The molecular weight excluding hydrogens is 1380 g/mol. The first kappa shape index (κ1) is 103. The number of piperidine rings is 2. The maximum absolute atomic E-state index is 11.6. The molecule has 0 atom stereocenters. The van der Waals surface area contributed by atoms with Crippen LogP contribution in [0.2, 0.25) is 0 Å². The van der Waals surface area contributed by atoms with Crippen molar-refractivity contribution >= 4 is 106 Å². The summed E-state index contributed by atoms with van der Waals surface area (Å²) in [5.74, 6) is -10.8. The second-order valence-corrected chi connectivity index (χ2v) is 20.9. The number of nitrogens with zero attached hydrogens (tertiary/aromatic N) is 2. The van der Waals surface area contributed by atoms with Gasteiger partial charge in [-0.2, -0.15) is 0 Å². The molecule has 2 fully saturated rings. The molecule has 2 aliphatic heterocycles. The third-order valence-electron chi connectivity index (χ3n) is 12.3. The molecule has 0 saturated carbocycles. The Hall–Kier alpha value is -8.54. The number of Topliss-reactive ketones (excluding diaryl/α,β-unsaturated/α-hetero) is 7. The number of carbonyl (C=O) groups excluding carboxylic acids is 18. The molecule has 0 aromatic carbocycles. The predicted octanol–water partition coefficient (Wildman–Crippen LogP) is -5.20. The molecule has 103 heavy (non-hydrogen) atoms. The number of aliphatic hydroxyl groups excluding tert-OH is 5. The average molecular weight is 1490 g/mol. The van der Waals surface area contributed by atoms with Crippen molar-refractivity contribution in [1.82, 2.24) is 36.4 Å². The Balaban J connectivity index is -0.000000363. The van der Waals surface area contributed by atoms with Gasteiger partial charge in [0.05, 0.1) is 97.8 Å². The molecule has 2 saturated heterocycles. The SMILES string of the molecule is CCOC(=O)C(=O)CC(=O)NCCCO.CCOC(=O)C(=O)CC(=O)NCCOC.CCOCC(=O)CC(=O)N1CCC(O)CC1.CCOCC(=O)CC(=O)NCCCO.COC(=O)C(=O)CC(=O)NCCCO.COCC(=O)CC(=O)N1CCC(O)CC1.COCCNC(=O)CC(=O)C(=O)OC. The number of hydrogen-bond donors (Lipinski definition) is 10. The molecule has 7 amide bonds. The summed E-state index contributed by atoms with van der Waals surface area (Å²) in [5.41, 5.74) is 0. The van der Waals surface area contributed by atoms with Crippen molar-refractivity contribution in [3.63, 3.8) is 0 Å². The highest BCUT2D eigenvalue weighted by atomic mass is 16.5. The smallest absolute Gasteiger partial charge is 0.375 e. The van der Waals surface area contributed by atoms with Crippen molar-refractivity contribution in [2.45, 2.75) is 130 Å². The summed E-state index contributed by atoms with van der Waals surface area (Å²) >= 11 is 0. The van der Waals surface area contributed by atoms with Crippen LogP contribution in [-0.4, -0.2) is 327 Å². The third kappa shape index (κ3) is 65.2. The van der Waals surface area contributed by atoms with Crippen LogP contribution in [0.3, 0.4) is 0 Å². The Kier molecular flexibility index (Phi) is 70.6. The van der Waals surface area contributed by atoms with Crippen molar-refractivity contribution in [2.24, 2.45) is 0 Å². The summed E-state index contributed by atoms with van der Waals surface area (Å²) < 4.78 is 40.9. The predicted molar refractivity (Wildman–Crippen MR) is 357 cm³/mol. The molecule has 39 nitrogen and oxygen atoms in total. The Labute approximate surface area is 598 Å². The minimum absolute atomic E-state index is 0.0100. The summed E-state index contributed by atoms with van der Waals surface area (Å²) in [7, 11) is 6.58. The lowest BCUT2D eigenvalue weighted by Crippen LogP contribution is -2.41. The van der Waals surface area contributed by atoms with Crippen molar-refractivity contribution in [1.29, 1.82) is 0 Å². The average Bonchev–Trinajstić information content (AvgIpc) is 0.899. The summed E-state index contributed by atoms with van der Waals surface area (Å²) in [6, 6.07) is 0. The first-order valence-corrected chi connectivity index (χ1v) is 32.8. The molecule has 10 N–H and O–H groups in total. The fraction of sp³-hybridized carbons (Fsp3) is 0.719. The first-order chi connectivity index (χ1) is 48.9. The van der Waals surface area contributed by atoms with Crippen LogP contribution in [0.1, 0.15) is 118 Å². The van der Waals surface area contributed by atoms with Crippen LogP contribution in [0.4, 0.5) is 0 Å². The van der Waals surface area contributed by atoms with Gasteiger partial charge in [0.1, 0.15) is 19.8 Å². The van der Waals surface area contributed by atoms with Gasteiger partial charge in [-0.1, -0.05) is 0 Å². The van der Waals surface area contributed by atoms with E-state index in [1.54, 1.807) is 37.5 Å². The number of carbonyl (C=O) groups is 18. The number of ether oxygens (including phenoxy) is 9. The summed E-state index contributed by atoms with van der Waals surface area (Å²) in [5, 5.41) is 55.9. The van der Waals surface area contributed by atoms with Gasteiger partial charge in [0.15, 0.2) is 17.3 Å². The van der Waals surface area contributed by atoms with Crippen molar-refractivity contribution < 1.29 is 154 Å². The van der Waals surface area contributed by atoms with Gasteiger partial charge in [0.25, 0.3) is 0 Å². The fourth-order valence-electron chi connectivity index (χ4n) is 7.06.